The number of nitrogens with zero attached hydrogens (tertiary/aromatic N) is 3. The van der Waals surface area contributed by atoms with E-state index < -0.39 is 0 Å². The van der Waals surface area contributed by atoms with Crippen LogP contribution in [-0.2, 0) is 22.6 Å². The second kappa shape index (κ2) is 13.0. The molecule has 0 saturated carbocycles. The molecule has 2 amide bonds. The zero-order chi connectivity index (χ0) is 25.2. The first kappa shape index (κ1) is 25.6. The second-order valence-electron chi connectivity index (χ2n) is 8.86. The van der Waals surface area contributed by atoms with E-state index in [-0.39, 0.29) is 37.3 Å². The Labute approximate surface area is 211 Å². The summed E-state index contributed by atoms with van der Waals surface area (Å²) in [6.45, 7) is 4.96. The largest absolute Gasteiger partial charge is 0.467 e. The van der Waals surface area contributed by atoms with Gasteiger partial charge in [-0.2, -0.15) is 0 Å². The summed E-state index contributed by atoms with van der Waals surface area (Å²) in [6.07, 6.45) is 2.31. The SMILES string of the molecule is O=C(CN(CCCN1CCOCC1)C(=O)c1ccccc1)N(Cc1ccc(F)cc1)Cc1ccco1. The number of benzene rings is 2. The molecule has 0 spiro atoms. The molecule has 0 aliphatic carbocycles. The molecular weight excluding hydrogens is 461 g/mol. The van der Waals surface area contributed by atoms with Gasteiger partial charge in [0.15, 0.2) is 0 Å². The molecule has 0 N–H and O–H groups in total. The quantitative estimate of drug-likeness (QED) is 0.406. The lowest BCUT2D eigenvalue weighted by Gasteiger charge is -2.30. The van der Waals surface area contributed by atoms with Gasteiger partial charge in [-0.25, -0.2) is 4.39 Å². The van der Waals surface area contributed by atoms with E-state index in [1.54, 1.807) is 52.5 Å². The van der Waals surface area contributed by atoms with Crippen molar-refractivity contribution in [3.63, 3.8) is 0 Å². The molecule has 0 radical (unpaired) electrons. The molecule has 1 aliphatic heterocycles. The van der Waals surface area contributed by atoms with E-state index in [0.29, 0.717) is 17.9 Å². The molecule has 0 unspecified atom stereocenters. The summed E-state index contributed by atoms with van der Waals surface area (Å²) >= 11 is 0. The van der Waals surface area contributed by atoms with Gasteiger partial charge in [-0.3, -0.25) is 14.5 Å². The van der Waals surface area contributed by atoms with Crippen molar-refractivity contribution in [1.29, 1.82) is 0 Å². The number of hydrogen-bond donors (Lipinski definition) is 0. The van der Waals surface area contributed by atoms with Gasteiger partial charge >= 0.3 is 0 Å². The molecule has 4 rings (SSSR count). The van der Waals surface area contributed by atoms with Crippen LogP contribution in [0.15, 0.2) is 77.4 Å². The van der Waals surface area contributed by atoms with E-state index in [9.17, 15) is 14.0 Å². The lowest BCUT2D eigenvalue weighted by atomic mass is 10.1. The van der Waals surface area contributed by atoms with Gasteiger partial charge in [-0.1, -0.05) is 30.3 Å². The topological polar surface area (TPSA) is 66.2 Å². The first-order valence-corrected chi connectivity index (χ1v) is 12.3. The molecule has 3 aromatic rings. The van der Waals surface area contributed by atoms with Crippen molar-refractivity contribution in [3.05, 3.63) is 95.7 Å². The Hall–Kier alpha value is -3.49. The highest BCUT2D eigenvalue weighted by molar-refractivity contribution is 5.96. The predicted molar refractivity (Wildman–Crippen MR) is 134 cm³/mol. The number of ether oxygens (including phenoxy) is 1. The number of carbonyl (C=O) groups excluding carboxylic acids is 2. The smallest absolute Gasteiger partial charge is 0.254 e. The summed E-state index contributed by atoms with van der Waals surface area (Å²) in [7, 11) is 0. The fourth-order valence-corrected chi connectivity index (χ4v) is 4.22. The van der Waals surface area contributed by atoms with Crippen molar-refractivity contribution in [2.24, 2.45) is 0 Å². The maximum atomic E-state index is 13.5. The van der Waals surface area contributed by atoms with Crippen molar-refractivity contribution < 1.29 is 23.1 Å². The lowest BCUT2D eigenvalue weighted by molar-refractivity contribution is -0.133. The molecule has 1 aliphatic rings. The average Bonchev–Trinajstić information content (AvgIpc) is 3.43. The summed E-state index contributed by atoms with van der Waals surface area (Å²) in [5.41, 5.74) is 1.34. The van der Waals surface area contributed by atoms with E-state index in [1.807, 2.05) is 18.2 Å². The number of furan rings is 1. The van der Waals surface area contributed by atoms with Gasteiger partial charge in [0, 0.05) is 38.3 Å². The van der Waals surface area contributed by atoms with Crippen LogP contribution in [0.4, 0.5) is 4.39 Å². The highest BCUT2D eigenvalue weighted by Crippen LogP contribution is 2.14. The molecular formula is C28H32FN3O4. The summed E-state index contributed by atoms with van der Waals surface area (Å²) in [4.78, 5) is 32.5. The lowest BCUT2D eigenvalue weighted by Crippen LogP contribution is -2.44. The minimum atomic E-state index is -0.331. The van der Waals surface area contributed by atoms with Gasteiger partial charge in [0.05, 0.1) is 26.0 Å². The molecule has 8 heteroatoms. The third-order valence-corrected chi connectivity index (χ3v) is 6.21. The third-order valence-electron chi connectivity index (χ3n) is 6.21. The molecule has 1 fully saturated rings. The number of amides is 2. The van der Waals surface area contributed by atoms with Gasteiger partial charge in [-0.15, -0.1) is 0 Å². The van der Waals surface area contributed by atoms with Crippen LogP contribution in [-0.4, -0.2) is 72.5 Å². The Morgan fingerprint density at radius 1 is 0.889 bits per heavy atom. The minimum Gasteiger partial charge on any atom is -0.467 e. The molecule has 190 valence electrons. The molecule has 7 nitrogen and oxygen atoms in total. The van der Waals surface area contributed by atoms with Gasteiger partial charge in [0.25, 0.3) is 5.91 Å². The normalized spacial score (nSPS) is 13.9. The van der Waals surface area contributed by atoms with Gasteiger partial charge in [0.1, 0.15) is 18.1 Å². The maximum Gasteiger partial charge on any atom is 0.254 e. The number of halogens is 1. The predicted octanol–water partition coefficient (Wildman–Crippen LogP) is 3.81. The highest BCUT2D eigenvalue weighted by Gasteiger charge is 2.24. The van der Waals surface area contributed by atoms with E-state index in [2.05, 4.69) is 4.90 Å². The molecule has 0 atom stereocenters. The minimum absolute atomic E-state index is 0.0568. The first-order chi connectivity index (χ1) is 17.6. The third kappa shape index (κ3) is 7.50. The van der Waals surface area contributed by atoms with Gasteiger partial charge in [0.2, 0.25) is 5.91 Å². The van der Waals surface area contributed by atoms with Crippen LogP contribution < -0.4 is 0 Å². The fraction of sp³-hybridized carbons (Fsp3) is 0.357. The van der Waals surface area contributed by atoms with Crippen LogP contribution >= 0.6 is 0 Å². The molecule has 36 heavy (non-hydrogen) atoms. The molecule has 0 bridgehead atoms. The monoisotopic (exact) mass is 493 g/mol. The van der Waals surface area contributed by atoms with Crippen molar-refractivity contribution in [2.75, 3.05) is 45.9 Å². The number of rotatable bonds is 11. The van der Waals surface area contributed by atoms with Crippen LogP contribution in [0.5, 0.6) is 0 Å². The summed E-state index contributed by atoms with van der Waals surface area (Å²) < 4.78 is 24.3. The zero-order valence-electron chi connectivity index (χ0n) is 20.4. The average molecular weight is 494 g/mol. The second-order valence-corrected chi connectivity index (χ2v) is 8.86. The number of morpholine rings is 1. The Morgan fingerprint density at radius 2 is 1.64 bits per heavy atom. The van der Waals surface area contributed by atoms with Gasteiger partial charge < -0.3 is 19.0 Å². The van der Waals surface area contributed by atoms with Crippen molar-refractivity contribution in [1.82, 2.24) is 14.7 Å². The first-order valence-electron chi connectivity index (χ1n) is 12.3. The number of hydrogen-bond acceptors (Lipinski definition) is 5. The van der Waals surface area contributed by atoms with Crippen molar-refractivity contribution >= 4 is 11.8 Å². The summed E-state index contributed by atoms with van der Waals surface area (Å²) in [5, 5.41) is 0. The van der Waals surface area contributed by atoms with Crippen LogP contribution in [0.3, 0.4) is 0 Å². The standard InChI is InChI=1S/C28H32FN3O4/c29-25-11-9-23(10-12-25)20-32(21-26-8-4-17-36-26)27(33)22-31(28(34)24-6-2-1-3-7-24)14-5-13-30-15-18-35-19-16-30/h1-4,6-12,17H,5,13-16,18-22H2. The fourth-order valence-electron chi connectivity index (χ4n) is 4.22. The van der Waals surface area contributed by atoms with E-state index in [4.69, 9.17) is 9.15 Å². The molecule has 2 heterocycles. The maximum absolute atomic E-state index is 13.5. The highest BCUT2D eigenvalue weighted by atomic mass is 19.1. The zero-order valence-corrected chi connectivity index (χ0v) is 20.4. The van der Waals surface area contributed by atoms with E-state index in [0.717, 1.165) is 44.8 Å². The molecule has 1 saturated heterocycles. The van der Waals surface area contributed by atoms with Crippen molar-refractivity contribution in [2.45, 2.75) is 19.5 Å². The molecule has 1 aromatic heterocycles. The van der Waals surface area contributed by atoms with Crippen LogP contribution in [0.1, 0.15) is 28.1 Å². The van der Waals surface area contributed by atoms with Crippen LogP contribution in [0.25, 0.3) is 0 Å². The van der Waals surface area contributed by atoms with Gasteiger partial charge in [-0.05, 0) is 48.4 Å². The van der Waals surface area contributed by atoms with E-state index >= 15 is 0 Å². The van der Waals surface area contributed by atoms with Crippen molar-refractivity contribution in [3.8, 4) is 0 Å². The summed E-state index contributed by atoms with van der Waals surface area (Å²) in [5.74, 6) is -0.0710. The van der Waals surface area contributed by atoms with E-state index in [1.165, 1.54) is 12.1 Å². The Balaban J connectivity index is 1.47. The Morgan fingerprint density at radius 3 is 2.33 bits per heavy atom. The Kier molecular flexibility index (Phi) is 9.24. The molecule has 2 aromatic carbocycles. The number of carbonyl (C=O) groups is 2. The Bertz CT molecular complexity index is 1080. The van der Waals surface area contributed by atoms with Crippen LogP contribution in [0, 0.1) is 5.82 Å². The summed E-state index contributed by atoms with van der Waals surface area (Å²) in [6, 6.07) is 18.7. The van der Waals surface area contributed by atoms with Crippen LogP contribution in [0.2, 0.25) is 0 Å².